The summed E-state index contributed by atoms with van der Waals surface area (Å²) in [5.41, 5.74) is 6.23. The topological polar surface area (TPSA) is 61.5 Å². The molecule has 0 saturated carbocycles. The molecule has 2 aromatic rings. The van der Waals surface area contributed by atoms with Gasteiger partial charge in [-0.05, 0) is 17.7 Å². The predicted molar refractivity (Wildman–Crippen MR) is 76.2 cm³/mol. The fourth-order valence-corrected chi connectivity index (χ4v) is 1.98. The minimum Gasteiger partial charge on any atom is -0.482 e. The molecule has 0 fully saturated rings. The minimum atomic E-state index is -0.849. The summed E-state index contributed by atoms with van der Waals surface area (Å²) in [7, 11) is 1.44. The number of primary amides is 1. The standard InChI is InChI=1S/C16H17NO3/c1-19-15(16(17)18)14(12-8-4-2-5-9-12)20-13-10-6-3-7-11-13/h2-11,14-15H,1H3,(H2,17,18). The van der Waals surface area contributed by atoms with Crippen molar-refractivity contribution in [2.24, 2.45) is 5.73 Å². The molecule has 1 amide bonds. The van der Waals surface area contributed by atoms with Crippen molar-refractivity contribution in [2.75, 3.05) is 7.11 Å². The molecule has 4 heteroatoms. The minimum absolute atomic E-state index is 0.558. The molecular formula is C16H17NO3. The maximum Gasteiger partial charge on any atom is 0.250 e. The van der Waals surface area contributed by atoms with E-state index in [1.54, 1.807) is 0 Å². The normalized spacial score (nSPS) is 13.4. The lowest BCUT2D eigenvalue weighted by Crippen LogP contribution is -2.38. The van der Waals surface area contributed by atoms with E-state index in [1.165, 1.54) is 7.11 Å². The highest BCUT2D eigenvalue weighted by molar-refractivity contribution is 5.79. The summed E-state index contributed by atoms with van der Waals surface area (Å²) in [6.45, 7) is 0. The first kappa shape index (κ1) is 14.1. The molecule has 2 N–H and O–H groups in total. The number of hydrogen-bond acceptors (Lipinski definition) is 3. The number of rotatable bonds is 6. The molecule has 2 unspecified atom stereocenters. The van der Waals surface area contributed by atoms with Gasteiger partial charge in [0.1, 0.15) is 5.75 Å². The van der Waals surface area contributed by atoms with Gasteiger partial charge in [-0.25, -0.2) is 0 Å². The van der Waals surface area contributed by atoms with Crippen LogP contribution in [-0.4, -0.2) is 19.1 Å². The van der Waals surface area contributed by atoms with Crippen molar-refractivity contribution >= 4 is 5.91 Å². The molecule has 0 aromatic heterocycles. The Hall–Kier alpha value is -2.33. The smallest absolute Gasteiger partial charge is 0.250 e. The van der Waals surface area contributed by atoms with Gasteiger partial charge in [0.05, 0.1) is 0 Å². The second kappa shape index (κ2) is 6.73. The van der Waals surface area contributed by atoms with Crippen LogP contribution in [0.25, 0.3) is 0 Å². The molecule has 0 heterocycles. The number of carbonyl (C=O) groups excluding carboxylic acids is 1. The molecule has 4 nitrogen and oxygen atoms in total. The van der Waals surface area contributed by atoms with E-state index in [9.17, 15) is 4.79 Å². The van der Waals surface area contributed by atoms with E-state index in [0.717, 1.165) is 5.56 Å². The first-order valence-electron chi connectivity index (χ1n) is 6.31. The summed E-state index contributed by atoms with van der Waals surface area (Å²) in [4.78, 5) is 11.6. The SMILES string of the molecule is COC(C(N)=O)C(Oc1ccccc1)c1ccccc1. The molecule has 20 heavy (non-hydrogen) atoms. The largest absolute Gasteiger partial charge is 0.482 e. The fraction of sp³-hybridized carbons (Fsp3) is 0.188. The third-order valence-electron chi connectivity index (χ3n) is 2.94. The molecule has 2 aromatic carbocycles. The van der Waals surface area contributed by atoms with Gasteiger partial charge in [-0.2, -0.15) is 0 Å². The highest BCUT2D eigenvalue weighted by Crippen LogP contribution is 2.26. The molecule has 104 valence electrons. The Labute approximate surface area is 118 Å². The summed E-state index contributed by atoms with van der Waals surface area (Å²) in [5.74, 6) is 0.0990. The van der Waals surface area contributed by atoms with Gasteiger partial charge in [-0.15, -0.1) is 0 Å². The van der Waals surface area contributed by atoms with E-state index in [1.807, 2.05) is 60.7 Å². The zero-order valence-electron chi connectivity index (χ0n) is 11.2. The summed E-state index contributed by atoms with van der Waals surface area (Å²) in [6, 6.07) is 18.7. The van der Waals surface area contributed by atoms with E-state index >= 15 is 0 Å². The molecule has 0 aliphatic rings. The number of para-hydroxylation sites is 1. The highest BCUT2D eigenvalue weighted by Gasteiger charge is 2.29. The van der Waals surface area contributed by atoms with Crippen LogP contribution < -0.4 is 10.5 Å². The van der Waals surface area contributed by atoms with E-state index in [-0.39, 0.29) is 0 Å². The van der Waals surface area contributed by atoms with E-state index in [2.05, 4.69) is 0 Å². The van der Waals surface area contributed by atoms with Gasteiger partial charge in [0.15, 0.2) is 12.2 Å². The van der Waals surface area contributed by atoms with Gasteiger partial charge in [-0.3, -0.25) is 4.79 Å². The van der Waals surface area contributed by atoms with Crippen molar-refractivity contribution < 1.29 is 14.3 Å². The third-order valence-corrected chi connectivity index (χ3v) is 2.94. The van der Waals surface area contributed by atoms with Gasteiger partial charge in [0, 0.05) is 7.11 Å². The van der Waals surface area contributed by atoms with Gasteiger partial charge >= 0.3 is 0 Å². The van der Waals surface area contributed by atoms with E-state index < -0.39 is 18.1 Å². The number of hydrogen-bond donors (Lipinski definition) is 1. The number of nitrogens with two attached hydrogens (primary N) is 1. The first-order valence-corrected chi connectivity index (χ1v) is 6.31. The van der Waals surface area contributed by atoms with Crippen molar-refractivity contribution in [3.8, 4) is 5.75 Å². The maximum atomic E-state index is 11.6. The molecule has 0 aliphatic heterocycles. The zero-order chi connectivity index (χ0) is 14.4. The second-order valence-electron chi connectivity index (χ2n) is 4.32. The Kier molecular flexibility index (Phi) is 4.74. The molecule has 0 saturated heterocycles. The molecule has 2 atom stereocenters. The zero-order valence-corrected chi connectivity index (χ0v) is 11.2. The molecule has 0 aliphatic carbocycles. The van der Waals surface area contributed by atoms with Gasteiger partial charge in [0.25, 0.3) is 5.91 Å². The summed E-state index contributed by atoms with van der Waals surface area (Å²) < 4.78 is 11.1. The monoisotopic (exact) mass is 271 g/mol. The Balaban J connectivity index is 2.31. The summed E-state index contributed by atoms with van der Waals surface area (Å²) >= 11 is 0. The van der Waals surface area contributed by atoms with Crippen LogP contribution in [-0.2, 0) is 9.53 Å². The van der Waals surface area contributed by atoms with Gasteiger partial charge in [-0.1, -0.05) is 48.5 Å². The molecule has 0 bridgehead atoms. The van der Waals surface area contributed by atoms with Gasteiger partial charge < -0.3 is 15.2 Å². The Bertz CT molecular complexity index is 542. The van der Waals surface area contributed by atoms with Crippen molar-refractivity contribution in [3.05, 3.63) is 66.2 Å². The lowest BCUT2D eigenvalue weighted by molar-refractivity contribution is -0.133. The Morgan fingerprint density at radius 2 is 1.55 bits per heavy atom. The number of amides is 1. The maximum absolute atomic E-state index is 11.6. The molecule has 0 radical (unpaired) electrons. The number of benzene rings is 2. The first-order chi connectivity index (χ1) is 9.72. The van der Waals surface area contributed by atoms with Crippen molar-refractivity contribution in [3.63, 3.8) is 0 Å². The molecule has 2 rings (SSSR count). The number of ether oxygens (including phenoxy) is 2. The van der Waals surface area contributed by atoms with Crippen LogP contribution in [0.3, 0.4) is 0 Å². The quantitative estimate of drug-likeness (QED) is 0.877. The van der Waals surface area contributed by atoms with Crippen LogP contribution in [0.15, 0.2) is 60.7 Å². The number of methoxy groups -OCH3 is 1. The lowest BCUT2D eigenvalue weighted by atomic mass is 10.0. The molecular weight excluding hydrogens is 254 g/mol. The van der Waals surface area contributed by atoms with Crippen LogP contribution in [0, 0.1) is 0 Å². The second-order valence-corrected chi connectivity index (χ2v) is 4.32. The average molecular weight is 271 g/mol. The summed E-state index contributed by atoms with van der Waals surface area (Å²) in [5, 5.41) is 0. The van der Waals surface area contributed by atoms with Crippen LogP contribution in [0.1, 0.15) is 11.7 Å². The third kappa shape index (κ3) is 3.36. The highest BCUT2D eigenvalue weighted by atomic mass is 16.5. The van der Waals surface area contributed by atoms with Crippen LogP contribution >= 0.6 is 0 Å². The van der Waals surface area contributed by atoms with Crippen LogP contribution in [0.2, 0.25) is 0 Å². The number of carbonyl (C=O) groups is 1. The van der Waals surface area contributed by atoms with E-state index in [4.69, 9.17) is 15.2 Å². The predicted octanol–water partition coefficient (Wildman–Crippen LogP) is 2.31. The van der Waals surface area contributed by atoms with Crippen LogP contribution in [0.4, 0.5) is 0 Å². The fourth-order valence-electron chi connectivity index (χ4n) is 1.98. The summed E-state index contributed by atoms with van der Waals surface area (Å²) in [6.07, 6.45) is -1.43. The van der Waals surface area contributed by atoms with Crippen molar-refractivity contribution in [1.82, 2.24) is 0 Å². The lowest BCUT2D eigenvalue weighted by Gasteiger charge is -2.25. The van der Waals surface area contributed by atoms with Crippen molar-refractivity contribution in [2.45, 2.75) is 12.2 Å². The Morgan fingerprint density at radius 3 is 2.05 bits per heavy atom. The van der Waals surface area contributed by atoms with Gasteiger partial charge in [0.2, 0.25) is 0 Å². The van der Waals surface area contributed by atoms with Crippen molar-refractivity contribution in [1.29, 1.82) is 0 Å². The average Bonchev–Trinajstić information content (AvgIpc) is 2.48. The van der Waals surface area contributed by atoms with E-state index in [0.29, 0.717) is 5.75 Å². The molecule has 0 spiro atoms. The van der Waals surface area contributed by atoms with Crippen LogP contribution in [0.5, 0.6) is 5.75 Å². The Morgan fingerprint density at radius 1 is 1.00 bits per heavy atom.